The summed E-state index contributed by atoms with van der Waals surface area (Å²) < 4.78 is 4.98. The van der Waals surface area contributed by atoms with Crippen molar-refractivity contribution in [2.24, 2.45) is 5.92 Å². The van der Waals surface area contributed by atoms with Gasteiger partial charge >= 0.3 is 5.97 Å². The molecule has 0 aromatic carbocycles. The molecule has 0 bridgehead atoms. The zero-order valence-corrected chi connectivity index (χ0v) is 10.9. The Kier molecular flexibility index (Phi) is 5.25. The van der Waals surface area contributed by atoms with Crippen LogP contribution in [0.4, 0.5) is 0 Å². The maximum atomic E-state index is 11.0. The first-order chi connectivity index (χ1) is 8.73. The maximum absolute atomic E-state index is 11.0. The average molecular weight is 279 g/mol. The zero-order valence-electron chi connectivity index (χ0n) is 10.9. The van der Waals surface area contributed by atoms with Gasteiger partial charge in [0.25, 0.3) is 0 Å². The second kappa shape index (κ2) is 6.12. The number of hydrogen-bond acceptors (Lipinski definition) is 7. The van der Waals surface area contributed by atoms with E-state index in [2.05, 4.69) is 5.32 Å². The first-order valence-corrected chi connectivity index (χ1v) is 6.06. The minimum atomic E-state index is -2.13. The van der Waals surface area contributed by atoms with Gasteiger partial charge in [0, 0.05) is 0 Å². The number of carboxylic acids is 1. The molecule has 1 fully saturated rings. The quantitative estimate of drug-likeness (QED) is 0.313. The van der Waals surface area contributed by atoms with Crippen molar-refractivity contribution < 1.29 is 35.1 Å². The standard InChI is InChI=1S/C11H21NO7/c1-5(2)7(10(16)17)12-4-11(18)9(15)8(14)6(3-13)19-11/h5-9,12-15,18H,3-4H2,1-2H3,(H,16,17)/t6-,7+,8-,9+,11+/m1/s1. The van der Waals surface area contributed by atoms with E-state index in [1.54, 1.807) is 13.8 Å². The van der Waals surface area contributed by atoms with Crippen LogP contribution in [0.25, 0.3) is 0 Å². The molecule has 0 unspecified atom stereocenters. The Labute approximate surface area is 110 Å². The Balaban J connectivity index is 2.68. The summed E-state index contributed by atoms with van der Waals surface area (Å²) in [5.74, 6) is -3.46. The van der Waals surface area contributed by atoms with Crippen molar-refractivity contribution in [1.82, 2.24) is 5.32 Å². The highest BCUT2D eigenvalue weighted by atomic mass is 16.7. The van der Waals surface area contributed by atoms with Crippen molar-refractivity contribution in [3.8, 4) is 0 Å². The first-order valence-electron chi connectivity index (χ1n) is 6.06. The molecule has 0 radical (unpaired) electrons. The van der Waals surface area contributed by atoms with Crippen molar-refractivity contribution in [3.05, 3.63) is 0 Å². The topological polar surface area (TPSA) is 139 Å². The molecule has 0 amide bonds. The summed E-state index contributed by atoms with van der Waals surface area (Å²) >= 11 is 0. The van der Waals surface area contributed by atoms with Gasteiger partial charge in [-0.3, -0.25) is 10.1 Å². The largest absolute Gasteiger partial charge is 0.480 e. The van der Waals surface area contributed by atoms with Gasteiger partial charge in [-0.2, -0.15) is 0 Å². The summed E-state index contributed by atoms with van der Waals surface area (Å²) in [5, 5.41) is 49.7. The Morgan fingerprint density at radius 1 is 1.42 bits per heavy atom. The predicted molar refractivity (Wildman–Crippen MR) is 63.2 cm³/mol. The molecule has 112 valence electrons. The number of aliphatic carboxylic acids is 1. The molecule has 5 atom stereocenters. The predicted octanol–water partition coefficient (Wildman–Crippen LogP) is -2.51. The second-order valence-corrected chi connectivity index (χ2v) is 5.06. The molecule has 0 aromatic rings. The van der Waals surface area contributed by atoms with Crippen LogP contribution in [0.5, 0.6) is 0 Å². The molecule has 0 saturated carbocycles. The van der Waals surface area contributed by atoms with Crippen LogP contribution < -0.4 is 5.32 Å². The summed E-state index contributed by atoms with van der Waals surface area (Å²) in [7, 11) is 0. The summed E-state index contributed by atoms with van der Waals surface area (Å²) in [5.41, 5.74) is 0. The fourth-order valence-electron chi connectivity index (χ4n) is 2.03. The number of ether oxygens (including phenoxy) is 1. The van der Waals surface area contributed by atoms with E-state index in [4.69, 9.17) is 14.9 Å². The lowest BCUT2D eigenvalue weighted by molar-refractivity contribution is -0.227. The van der Waals surface area contributed by atoms with Crippen LogP contribution in [-0.4, -0.2) is 74.8 Å². The SMILES string of the molecule is CC(C)[C@H](NC[C@]1(O)O[C@H](CO)[C@@H](O)[C@@H]1O)C(=O)O. The van der Waals surface area contributed by atoms with Gasteiger partial charge in [-0.1, -0.05) is 13.8 Å². The van der Waals surface area contributed by atoms with E-state index in [0.717, 1.165) is 0 Å². The van der Waals surface area contributed by atoms with Crippen LogP contribution >= 0.6 is 0 Å². The fraction of sp³-hybridized carbons (Fsp3) is 0.909. The molecular formula is C11H21NO7. The van der Waals surface area contributed by atoms with Crippen molar-refractivity contribution in [3.63, 3.8) is 0 Å². The second-order valence-electron chi connectivity index (χ2n) is 5.06. The lowest BCUT2D eigenvalue weighted by Gasteiger charge is -2.29. The minimum absolute atomic E-state index is 0.238. The summed E-state index contributed by atoms with van der Waals surface area (Å²) in [6.07, 6.45) is -4.16. The smallest absolute Gasteiger partial charge is 0.320 e. The summed E-state index contributed by atoms with van der Waals surface area (Å²) in [4.78, 5) is 11.0. The third kappa shape index (κ3) is 3.41. The number of carboxylic acid groups (broad SMARTS) is 1. The normalized spacial score (nSPS) is 36.7. The Hall–Kier alpha value is -0.770. The third-order valence-electron chi connectivity index (χ3n) is 3.21. The van der Waals surface area contributed by atoms with Crippen LogP contribution in [0.15, 0.2) is 0 Å². The van der Waals surface area contributed by atoms with Gasteiger partial charge in [0.2, 0.25) is 5.79 Å². The highest BCUT2D eigenvalue weighted by Crippen LogP contribution is 2.28. The molecule has 19 heavy (non-hydrogen) atoms. The average Bonchev–Trinajstić information content (AvgIpc) is 2.53. The van der Waals surface area contributed by atoms with Crippen molar-refractivity contribution in [1.29, 1.82) is 0 Å². The first kappa shape index (κ1) is 16.3. The molecule has 0 spiro atoms. The van der Waals surface area contributed by atoms with E-state index in [0.29, 0.717) is 0 Å². The molecular weight excluding hydrogens is 258 g/mol. The van der Waals surface area contributed by atoms with Gasteiger partial charge in [-0.05, 0) is 5.92 Å². The van der Waals surface area contributed by atoms with E-state index < -0.39 is 42.7 Å². The van der Waals surface area contributed by atoms with Crippen LogP contribution in [-0.2, 0) is 9.53 Å². The Morgan fingerprint density at radius 3 is 2.37 bits per heavy atom. The number of aliphatic hydroxyl groups excluding tert-OH is 3. The highest BCUT2D eigenvalue weighted by molar-refractivity contribution is 5.73. The molecule has 0 aromatic heterocycles. The maximum Gasteiger partial charge on any atom is 0.320 e. The van der Waals surface area contributed by atoms with Crippen LogP contribution in [0.3, 0.4) is 0 Å². The van der Waals surface area contributed by atoms with Gasteiger partial charge in [0.05, 0.1) is 13.2 Å². The van der Waals surface area contributed by atoms with Gasteiger partial charge < -0.3 is 30.3 Å². The van der Waals surface area contributed by atoms with Crippen molar-refractivity contribution in [2.75, 3.05) is 13.2 Å². The molecule has 1 aliphatic rings. The Morgan fingerprint density at radius 2 is 2.00 bits per heavy atom. The number of aliphatic hydroxyl groups is 4. The van der Waals surface area contributed by atoms with Crippen molar-refractivity contribution >= 4 is 5.97 Å². The molecule has 1 aliphatic heterocycles. The zero-order chi connectivity index (χ0) is 14.8. The van der Waals surface area contributed by atoms with Gasteiger partial charge in [0.1, 0.15) is 24.4 Å². The number of carbonyl (C=O) groups is 1. The summed E-state index contributed by atoms with van der Waals surface area (Å²) in [6.45, 7) is 2.43. The van der Waals surface area contributed by atoms with E-state index in [1.807, 2.05) is 0 Å². The van der Waals surface area contributed by atoms with Gasteiger partial charge in [-0.15, -0.1) is 0 Å². The molecule has 0 aliphatic carbocycles. The monoisotopic (exact) mass is 279 g/mol. The molecule has 8 nitrogen and oxygen atoms in total. The number of hydrogen-bond donors (Lipinski definition) is 6. The van der Waals surface area contributed by atoms with Crippen LogP contribution in [0.2, 0.25) is 0 Å². The lowest BCUT2D eigenvalue weighted by atomic mass is 10.0. The Bertz CT molecular complexity index is 324. The molecule has 1 saturated heterocycles. The molecule has 6 N–H and O–H groups in total. The van der Waals surface area contributed by atoms with Crippen molar-refractivity contribution in [2.45, 2.75) is 44.0 Å². The number of rotatable bonds is 6. The molecule has 8 heteroatoms. The van der Waals surface area contributed by atoms with Gasteiger partial charge in [0.15, 0.2) is 0 Å². The minimum Gasteiger partial charge on any atom is -0.480 e. The molecule has 1 rings (SSSR count). The highest BCUT2D eigenvalue weighted by Gasteiger charge is 2.53. The van der Waals surface area contributed by atoms with Gasteiger partial charge in [-0.25, -0.2) is 0 Å². The third-order valence-corrected chi connectivity index (χ3v) is 3.21. The molecule has 1 heterocycles. The van der Waals surface area contributed by atoms with Crippen LogP contribution in [0.1, 0.15) is 13.8 Å². The van der Waals surface area contributed by atoms with E-state index in [9.17, 15) is 20.1 Å². The summed E-state index contributed by atoms with van der Waals surface area (Å²) in [6, 6.07) is -0.926. The lowest BCUT2D eigenvalue weighted by Crippen LogP contribution is -2.54. The number of nitrogens with one attached hydrogen (secondary N) is 1. The fourth-order valence-corrected chi connectivity index (χ4v) is 2.03. The van der Waals surface area contributed by atoms with E-state index in [-0.39, 0.29) is 12.5 Å². The van der Waals surface area contributed by atoms with E-state index in [1.165, 1.54) is 0 Å². The van der Waals surface area contributed by atoms with Crippen LogP contribution in [0, 0.1) is 5.92 Å². The van der Waals surface area contributed by atoms with E-state index >= 15 is 0 Å².